The highest BCUT2D eigenvalue weighted by Crippen LogP contribution is 2.25. The van der Waals surface area contributed by atoms with Crippen molar-refractivity contribution in [2.75, 3.05) is 12.4 Å². The molecule has 0 aromatic heterocycles. The Morgan fingerprint density at radius 3 is 2.35 bits per heavy atom. The quantitative estimate of drug-likeness (QED) is 0.860. The largest absolute Gasteiger partial charge is 0.380 e. The average Bonchev–Trinajstić information content (AvgIpc) is 2.28. The van der Waals surface area contributed by atoms with E-state index in [-0.39, 0.29) is 0 Å². The van der Waals surface area contributed by atoms with E-state index in [0.717, 1.165) is 0 Å². The molecule has 2 nitrogen and oxygen atoms in total. The number of benzene rings is 1. The van der Waals surface area contributed by atoms with Gasteiger partial charge in [-0.15, -0.1) is 0 Å². The zero-order valence-corrected chi connectivity index (χ0v) is 11.1. The highest BCUT2D eigenvalue weighted by Gasteiger charge is 2.24. The summed E-state index contributed by atoms with van der Waals surface area (Å²) in [4.78, 5) is 0. The van der Waals surface area contributed by atoms with E-state index in [1.807, 2.05) is 7.11 Å². The number of nitrogens with one attached hydrogen (secondary N) is 1. The van der Waals surface area contributed by atoms with Crippen molar-refractivity contribution in [1.29, 1.82) is 0 Å². The maximum Gasteiger partial charge on any atom is 0.0772 e. The molecule has 0 spiro atoms. The van der Waals surface area contributed by atoms with Crippen molar-refractivity contribution in [3.8, 4) is 0 Å². The van der Waals surface area contributed by atoms with E-state index in [2.05, 4.69) is 37.4 Å². The summed E-state index contributed by atoms with van der Waals surface area (Å²) in [6.07, 6.45) is 5.36. The molecule has 0 heterocycles. The smallest absolute Gasteiger partial charge is 0.0772 e. The fourth-order valence-electron chi connectivity index (χ4n) is 2.82. The van der Waals surface area contributed by atoms with Crippen LogP contribution < -0.4 is 5.32 Å². The Kier molecular flexibility index (Phi) is 4.06. The third-order valence-corrected chi connectivity index (χ3v) is 3.58. The SMILES string of the molecule is CO[C@@H]1CCCC[C@@H]1Nc1cc(C)cc(C)c1. The Bertz CT molecular complexity index is 355. The van der Waals surface area contributed by atoms with Crippen LogP contribution in [0.15, 0.2) is 18.2 Å². The highest BCUT2D eigenvalue weighted by molar-refractivity contribution is 5.49. The molecule has 0 amide bonds. The van der Waals surface area contributed by atoms with E-state index in [4.69, 9.17) is 4.74 Å². The van der Waals surface area contributed by atoms with E-state index < -0.39 is 0 Å². The minimum absolute atomic E-state index is 0.365. The molecule has 2 heteroatoms. The van der Waals surface area contributed by atoms with Crippen LogP contribution >= 0.6 is 0 Å². The average molecular weight is 233 g/mol. The summed E-state index contributed by atoms with van der Waals surface area (Å²) in [7, 11) is 1.83. The predicted molar refractivity (Wildman–Crippen MR) is 72.6 cm³/mol. The van der Waals surface area contributed by atoms with E-state index >= 15 is 0 Å². The summed E-state index contributed by atoms with van der Waals surface area (Å²) < 4.78 is 5.57. The molecule has 0 unspecified atom stereocenters. The molecule has 1 saturated carbocycles. The second kappa shape index (κ2) is 5.54. The van der Waals surface area contributed by atoms with Gasteiger partial charge >= 0.3 is 0 Å². The normalized spacial score (nSPS) is 24.6. The van der Waals surface area contributed by atoms with E-state index in [1.165, 1.54) is 42.5 Å². The molecule has 94 valence electrons. The molecule has 1 aliphatic carbocycles. The number of hydrogen-bond acceptors (Lipinski definition) is 2. The number of rotatable bonds is 3. The van der Waals surface area contributed by atoms with E-state index in [1.54, 1.807) is 0 Å². The van der Waals surface area contributed by atoms with Crippen molar-refractivity contribution >= 4 is 5.69 Å². The molecule has 1 aliphatic rings. The fourth-order valence-corrected chi connectivity index (χ4v) is 2.82. The first-order valence-corrected chi connectivity index (χ1v) is 6.56. The Balaban J connectivity index is 2.08. The zero-order chi connectivity index (χ0) is 12.3. The van der Waals surface area contributed by atoms with Gasteiger partial charge in [0, 0.05) is 12.8 Å². The van der Waals surface area contributed by atoms with Gasteiger partial charge in [-0.2, -0.15) is 0 Å². The fraction of sp³-hybridized carbons (Fsp3) is 0.600. The lowest BCUT2D eigenvalue weighted by Gasteiger charge is -2.32. The van der Waals surface area contributed by atoms with Gasteiger partial charge in [0.05, 0.1) is 12.1 Å². The van der Waals surface area contributed by atoms with Crippen LogP contribution in [0, 0.1) is 13.8 Å². The number of anilines is 1. The summed E-state index contributed by atoms with van der Waals surface area (Å²) >= 11 is 0. The molecular weight excluding hydrogens is 210 g/mol. The van der Waals surface area contributed by atoms with Crippen LogP contribution in [0.2, 0.25) is 0 Å². The van der Waals surface area contributed by atoms with Crippen molar-refractivity contribution in [2.24, 2.45) is 0 Å². The summed E-state index contributed by atoms with van der Waals surface area (Å²) in [5, 5.41) is 3.64. The maximum absolute atomic E-state index is 5.57. The van der Waals surface area contributed by atoms with Crippen molar-refractivity contribution in [3.63, 3.8) is 0 Å². The molecule has 1 aromatic carbocycles. The van der Waals surface area contributed by atoms with Crippen molar-refractivity contribution in [2.45, 2.75) is 51.7 Å². The van der Waals surface area contributed by atoms with Gasteiger partial charge in [-0.3, -0.25) is 0 Å². The first-order valence-electron chi connectivity index (χ1n) is 6.56. The molecule has 2 rings (SSSR count). The summed E-state index contributed by atoms with van der Waals surface area (Å²) in [5.41, 5.74) is 3.87. The van der Waals surface area contributed by atoms with Crippen LogP contribution in [-0.4, -0.2) is 19.3 Å². The molecule has 0 bridgehead atoms. The Morgan fingerprint density at radius 1 is 1.06 bits per heavy atom. The van der Waals surface area contributed by atoms with Crippen molar-refractivity contribution in [3.05, 3.63) is 29.3 Å². The second-order valence-electron chi connectivity index (χ2n) is 5.19. The van der Waals surface area contributed by atoms with Gasteiger partial charge in [0.1, 0.15) is 0 Å². The minimum Gasteiger partial charge on any atom is -0.380 e. The molecule has 0 saturated heterocycles. The lowest BCUT2D eigenvalue weighted by molar-refractivity contribution is 0.0606. The highest BCUT2D eigenvalue weighted by atomic mass is 16.5. The van der Waals surface area contributed by atoms with Crippen LogP contribution in [-0.2, 0) is 4.74 Å². The predicted octanol–water partition coefficient (Wildman–Crippen LogP) is 3.67. The van der Waals surface area contributed by atoms with Crippen LogP contribution in [0.3, 0.4) is 0 Å². The Morgan fingerprint density at radius 2 is 1.71 bits per heavy atom. The standard InChI is InChI=1S/C15H23NO/c1-11-8-12(2)10-13(9-11)16-14-6-4-5-7-15(14)17-3/h8-10,14-16H,4-7H2,1-3H3/t14-,15+/m0/s1. The Labute approximate surface area is 104 Å². The van der Waals surface area contributed by atoms with Gasteiger partial charge in [-0.1, -0.05) is 18.9 Å². The molecular formula is C15H23NO. The van der Waals surface area contributed by atoms with Gasteiger partial charge in [0.25, 0.3) is 0 Å². The van der Waals surface area contributed by atoms with Crippen LogP contribution in [0.25, 0.3) is 0 Å². The molecule has 1 fully saturated rings. The number of aryl methyl sites for hydroxylation is 2. The molecule has 1 aromatic rings. The minimum atomic E-state index is 0.365. The van der Waals surface area contributed by atoms with Crippen LogP contribution in [0.4, 0.5) is 5.69 Å². The van der Waals surface area contributed by atoms with Gasteiger partial charge in [0.2, 0.25) is 0 Å². The Hall–Kier alpha value is -1.02. The monoisotopic (exact) mass is 233 g/mol. The van der Waals surface area contributed by atoms with Gasteiger partial charge < -0.3 is 10.1 Å². The van der Waals surface area contributed by atoms with E-state index in [9.17, 15) is 0 Å². The lowest BCUT2D eigenvalue weighted by Crippen LogP contribution is -2.37. The first kappa shape index (κ1) is 12.4. The molecule has 17 heavy (non-hydrogen) atoms. The maximum atomic E-state index is 5.57. The first-order chi connectivity index (χ1) is 8.19. The number of hydrogen-bond donors (Lipinski definition) is 1. The van der Waals surface area contributed by atoms with Crippen molar-refractivity contribution in [1.82, 2.24) is 0 Å². The third kappa shape index (κ3) is 3.22. The summed E-state index contributed by atoms with van der Waals surface area (Å²) in [6.45, 7) is 4.29. The van der Waals surface area contributed by atoms with Crippen LogP contribution in [0.1, 0.15) is 36.8 Å². The molecule has 0 aliphatic heterocycles. The van der Waals surface area contributed by atoms with Crippen molar-refractivity contribution < 1.29 is 4.74 Å². The third-order valence-electron chi connectivity index (χ3n) is 3.58. The van der Waals surface area contributed by atoms with Gasteiger partial charge in [-0.05, 0) is 49.9 Å². The number of ether oxygens (including phenoxy) is 1. The molecule has 1 N–H and O–H groups in total. The topological polar surface area (TPSA) is 21.3 Å². The molecule has 0 radical (unpaired) electrons. The summed E-state index contributed by atoms with van der Waals surface area (Å²) in [6, 6.07) is 7.11. The van der Waals surface area contributed by atoms with Crippen LogP contribution in [0.5, 0.6) is 0 Å². The summed E-state index contributed by atoms with van der Waals surface area (Å²) in [5.74, 6) is 0. The van der Waals surface area contributed by atoms with Gasteiger partial charge in [-0.25, -0.2) is 0 Å². The second-order valence-corrected chi connectivity index (χ2v) is 5.19. The zero-order valence-electron chi connectivity index (χ0n) is 11.1. The van der Waals surface area contributed by atoms with Gasteiger partial charge in [0.15, 0.2) is 0 Å². The number of methoxy groups -OCH3 is 1. The van der Waals surface area contributed by atoms with E-state index in [0.29, 0.717) is 12.1 Å². The molecule has 2 atom stereocenters. The lowest BCUT2D eigenvalue weighted by atomic mass is 9.92.